The number of carbonyl (C=O) groups is 4. The second-order valence-corrected chi connectivity index (χ2v) is 10.9. The van der Waals surface area contributed by atoms with E-state index in [0.717, 1.165) is 6.08 Å². The summed E-state index contributed by atoms with van der Waals surface area (Å²) in [4.78, 5) is 50.7. The molecule has 1 N–H and O–H groups in total. The first-order valence-electron chi connectivity index (χ1n) is 12.6. The number of carbonyl (C=O) groups excluding carboxylic acids is 4. The number of aliphatic hydroxyl groups excluding tert-OH is 1. The zero-order valence-electron chi connectivity index (χ0n) is 21.1. The highest BCUT2D eigenvalue weighted by Gasteiger charge is 2.83. The molecule has 0 amide bonds. The smallest absolute Gasteiger partial charge is 0.335 e. The third-order valence-corrected chi connectivity index (χ3v) is 9.04. The first kappa shape index (κ1) is 25.8. The number of ether oxygens (including phenoxy) is 5. The molecule has 3 fully saturated rings. The third-order valence-electron chi connectivity index (χ3n) is 9.04. The van der Waals surface area contributed by atoms with Crippen LogP contribution in [0.1, 0.15) is 40.0 Å². The highest BCUT2D eigenvalue weighted by atomic mass is 16.6. The number of allylic oxidation sites excluding steroid dienone is 3. The molecule has 10 nitrogen and oxygen atoms in total. The van der Waals surface area contributed by atoms with Crippen LogP contribution in [-0.4, -0.2) is 78.6 Å². The van der Waals surface area contributed by atoms with Crippen molar-refractivity contribution in [1.29, 1.82) is 0 Å². The fourth-order valence-corrected chi connectivity index (χ4v) is 6.50. The Balaban J connectivity index is 1.55. The topological polar surface area (TPSA) is 138 Å². The van der Waals surface area contributed by atoms with E-state index in [1.165, 1.54) is 18.2 Å². The van der Waals surface area contributed by atoms with E-state index in [-0.39, 0.29) is 37.9 Å². The van der Waals surface area contributed by atoms with Gasteiger partial charge in [0, 0.05) is 25.0 Å². The Hall–Kier alpha value is -2.82. The van der Waals surface area contributed by atoms with Gasteiger partial charge >= 0.3 is 17.9 Å². The highest BCUT2D eigenvalue weighted by Crippen LogP contribution is 2.71. The highest BCUT2D eigenvalue weighted by molar-refractivity contribution is 5.96. The summed E-state index contributed by atoms with van der Waals surface area (Å²) >= 11 is 0. The molecular formula is C27H32O10. The zero-order chi connectivity index (χ0) is 26.6. The molecule has 5 aliphatic rings. The normalized spacial score (nSPS) is 45.9. The van der Waals surface area contributed by atoms with Gasteiger partial charge in [-0.25, -0.2) is 14.4 Å². The molecule has 0 unspecified atom stereocenters. The van der Waals surface area contributed by atoms with Crippen molar-refractivity contribution in [3.8, 4) is 0 Å². The Morgan fingerprint density at radius 1 is 1.00 bits per heavy atom. The van der Waals surface area contributed by atoms with Crippen LogP contribution in [0.2, 0.25) is 0 Å². The molecular weight excluding hydrogens is 484 g/mol. The number of ketones is 1. The molecule has 3 aliphatic heterocycles. The number of epoxide rings is 1. The van der Waals surface area contributed by atoms with Crippen LogP contribution >= 0.6 is 0 Å². The molecule has 0 radical (unpaired) electrons. The summed E-state index contributed by atoms with van der Waals surface area (Å²) in [6.45, 7) is 5.42. The standard InChI is InChI=1S/C27H32O10/c1-15-8-9-33-21(29)6-4-5-7-22(30)37-18-11-20-27(14-35-27)25(18,3)26(13-34-24(32)23(15)31)12-17(28)16(2)10-19(26)36-20/h4-7,10,15,18-20,23,31H,8-9,11-14H2,1-3H3/b6-4-,7-5-/t15-,18-,19-,20-,23+,25-,26-,27+/m1/s1. The number of cyclic esters (lactones) is 2. The summed E-state index contributed by atoms with van der Waals surface area (Å²) < 4.78 is 29.2. The minimum absolute atomic E-state index is 0.00976. The van der Waals surface area contributed by atoms with Crippen LogP contribution in [0.15, 0.2) is 36.0 Å². The Bertz CT molecular complexity index is 1100. The molecule has 1 saturated carbocycles. The molecule has 2 saturated heterocycles. The monoisotopic (exact) mass is 516 g/mol. The van der Waals surface area contributed by atoms with Crippen molar-refractivity contribution in [2.75, 3.05) is 19.8 Å². The van der Waals surface area contributed by atoms with Crippen LogP contribution in [0.5, 0.6) is 0 Å². The van der Waals surface area contributed by atoms with E-state index >= 15 is 0 Å². The average Bonchev–Trinajstić information content (AvgIpc) is 3.63. The summed E-state index contributed by atoms with van der Waals surface area (Å²) in [6.07, 6.45) is 4.36. The molecule has 5 rings (SSSR count). The molecule has 37 heavy (non-hydrogen) atoms. The van der Waals surface area contributed by atoms with Gasteiger partial charge in [0.15, 0.2) is 11.9 Å². The molecule has 8 atom stereocenters. The van der Waals surface area contributed by atoms with E-state index in [2.05, 4.69) is 0 Å². The maximum Gasteiger partial charge on any atom is 0.335 e. The SMILES string of the molecule is CC1=C[C@H]2O[C@@H]3C[C@H]4OC(=O)/C=C\C=C/C(=O)OCC[C@@H](C)[C@H](O)C(=O)OC[C@@]2(CC1=O)[C@]4(C)[C@]31CO1. The lowest BCUT2D eigenvalue weighted by Crippen LogP contribution is -2.67. The summed E-state index contributed by atoms with van der Waals surface area (Å²) in [5, 5.41) is 10.6. The summed E-state index contributed by atoms with van der Waals surface area (Å²) in [7, 11) is 0. The van der Waals surface area contributed by atoms with Crippen LogP contribution < -0.4 is 0 Å². The lowest BCUT2D eigenvalue weighted by Gasteiger charge is -2.57. The molecule has 0 aromatic rings. The van der Waals surface area contributed by atoms with Crippen molar-refractivity contribution in [2.24, 2.45) is 16.7 Å². The van der Waals surface area contributed by atoms with E-state index in [0.29, 0.717) is 18.6 Å². The van der Waals surface area contributed by atoms with Gasteiger partial charge in [-0.3, -0.25) is 4.79 Å². The number of esters is 3. The van der Waals surface area contributed by atoms with Crippen molar-refractivity contribution in [2.45, 2.75) is 70.1 Å². The lowest BCUT2D eigenvalue weighted by atomic mass is 9.51. The van der Waals surface area contributed by atoms with E-state index < -0.39 is 58.6 Å². The molecule has 0 aromatic heterocycles. The minimum atomic E-state index is -1.46. The number of Topliss-reactive ketones (excluding diaryl/α,β-unsaturated/α-hetero) is 1. The summed E-state index contributed by atoms with van der Waals surface area (Å²) in [5.41, 5.74) is -2.24. The maximum atomic E-state index is 13.1. The first-order chi connectivity index (χ1) is 17.5. The number of aliphatic hydroxyl groups is 1. The van der Waals surface area contributed by atoms with Gasteiger partial charge in [-0.15, -0.1) is 0 Å². The van der Waals surface area contributed by atoms with Gasteiger partial charge in [-0.1, -0.05) is 26.0 Å². The van der Waals surface area contributed by atoms with Crippen molar-refractivity contribution in [1.82, 2.24) is 0 Å². The van der Waals surface area contributed by atoms with Gasteiger partial charge in [0.25, 0.3) is 0 Å². The van der Waals surface area contributed by atoms with Crippen molar-refractivity contribution >= 4 is 23.7 Å². The zero-order valence-corrected chi connectivity index (χ0v) is 21.1. The Morgan fingerprint density at radius 2 is 1.70 bits per heavy atom. The second kappa shape index (κ2) is 9.18. The van der Waals surface area contributed by atoms with Crippen LogP contribution in [0.4, 0.5) is 0 Å². The average molecular weight is 517 g/mol. The van der Waals surface area contributed by atoms with Gasteiger partial charge < -0.3 is 28.8 Å². The predicted molar refractivity (Wildman–Crippen MR) is 126 cm³/mol. The molecule has 0 aromatic carbocycles. The van der Waals surface area contributed by atoms with Gasteiger partial charge in [-0.05, 0) is 30.9 Å². The van der Waals surface area contributed by atoms with Crippen LogP contribution in [0, 0.1) is 16.7 Å². The van der Waals surface area contributed by atoms with E-state index in [9.17, 15) is 24.3 Å². The van der Waals surface area contributed by atoms with Gasteiger partial charge in [-0.2, -0.15) is 0 Å². The Kier molecular flexibility index (Phi) is 6.40. The molecule has 2 spiro atoms. The van der Waals surface area contributed by atoms with Crippen LogP contribution in [-0.2, 0) is 42.9 Å². The molecule has 3 heterocycles. The van der Waals surface area contributed by atoms with Gasteiger partial charge in [0.05, 0.1) is 36.3 Å². The maximum absolute atomic E-state index is 13.1. The number of rotatable bonds is 0. The molecule has 200 valence electrons. The second-order valence-electron chi connectivity index (χ2n) is 10.9. The van der Waals surface area contributed by atoms with Crippen molar-refractivity contribution in [3.05, 3.63) is 36.0 Å². The number of hydrogen-bond acceptors (Lipinski definition) is 10. The fourth-order valence-electron chi connectivity index (χ4n) is 6.50. The van der Waals surface area contributed by atoms with Crippen LogP contribution in [0.3, 0.4) is 0 Å². The number of hydrogen-bond donors (Lipinski definition) is 1. The van der Waals surface area contributed by atoms with E-state index in [1.807, 2.05) is 6.92 Å². The quantitative estimate of drug-likeness (QED) is 0.285. The van der Waals surface area contributed by atoms with E-state index in [1.54, 1.807) is 19.9 Å². The largest absolute Gasteiger partial charge is 0.463 e. The lowest BCUT2D eigenvalue weighted by molar-refractivity contribution is -0.233. The molecule has 2 aliphatic carbocycles. The summed E-state index contributed by atoms with van der Waals surface area (Å²) in [6, 6.07) is 0. The van der Waals surface area contributed by atoms with Gasteiger partial charge in [0.2, 0.25) is 0 Å². The van der Waals surface area contributed by atoms with E-state index in [4.69, 9.17) is 23.7 Å². The Labute approximate surface area is 214 Å². The van der Waals surface area contributed by atoms with Gasteiger partial charge in [0.1, 0.15) is 18.3 Å². The van der Waals surface area contributed by atoms with Crippen molar-refractivity contribution in [3.63, 3.8) is 0 Å². The summed E-state index contributed by atoms with van der Waals surface area (Å²) in [5.74, 6) is -2.77. The Morgan fingerprint density at radius 3 is 2.41 bits per heavy atom. The molecule has 2 bridgehead atoms. The molecule has 10 heteroatoms. The predicted octanol–water partition coefficient (Wildman–Crippen LogP) is 1.35. The van der Waals surface area contributed by atoms with Crippen LogP contribution in [0.25, 0.3) is 0 Å². The first-order valence-corrected chi connectivity index (χ1v) is 12.6. The third kappa shape index (κ3) is 3.97. The minimum Gasteiger partial charge on any atom is -0.463 e. The van der Waals surface area contributed by atoms with Crippen molar-refractivity contribution < 1.29 is 48.0 Å². The fraction of sp³-hybridized carbons (Fsp3) is 0.630.